The number of rotatable bonds is 7. The van der Waals surface area contributed by atoms with Gasteiger partial charge in [0.05, 0.1) is 6.54 Å². The first kappa shape index (κ1) is 32.6. The predicted octanol–water partition coefficient (Wildman–Crippen LogP) is 2.14. The Hall–Kier alpha value is -2.59. The number of carbonyl (C=O) groups is 2. The molecular weight excluding hydrogens is 565 g/mol. The third-order valence-corrected chi connectivity index (χ3v) is 9.36. The normalized spacial score (nSPS) is 17.2. The lowest BCUT2D eigenvalue weighted by Gasteiger charge is -2.30. The lowest BCUT2D eigenvalue weighted by atomic mass is 10.0. The van der Waals surface area contributed by atoms with Gasteiger partial charge in [0.15, 0.2) is 14.6 Å². The van der Waals surface area contributed by atoms with Gasteiger partial charge >= 0.3 is 6.03 Å². The smallest absolute Gasteiger partial charge is 0.328 e. The fraction of sp³-hybridized carbons (Fsp3) is 0.462. The van der Waals surface area contributed by atoms with Crippen LogP contribution in [0.15, 0.2) is 36.5 Å². The standard InChI is InChI=1S/C26H33N5O5S.2ClH/c1-26(24(32)28-34,37(2,35)36)11-14-30-18-23-15-21(17-31(23)25(30)33)8-5-19-3-6-20(7-4-19)16-29-12-9-22(27)10-13-29;;/h3-4,6-7,15,17,22,34H,9-14,16,18,27H2,1-2H3,(H,28,32);2*1H/t26-;;/m1../s1. The van der Waals surface area contributed by atoms with E-state index in [1.807, 2.05) is 18.2 Å². The third kappa shape index (κ3) is 7.33. The van der Waals surface area contributed by atoms with Crippen molar-refractivity contribution in [1.82, 2.24) is 19.8 Å². The third-order valence-electron chi connectivity index (χ3n) is 7.33. The average Bonchev–Trinajstić information content (AvgIpc) is 3.40. The molecule has 4 N–H and O–H groups in total. The van der Waals surface area contributed by atoms with Gasteiger partial charge in [0, 0.05) is 48.4 Å². The SMILES string of the molecule is C[C@@](CCN1Cc2cc(C#Cc3ccc(CN4CCC(N)CC4)cc3)cn2C1=O)(C(=O)NO)S(C)(=O)=O.Cl.Cl. The van der Waals surface area contributed by atoms with Crippen LogP contribution in [0.5, 0.6) is 0 Å². The summed E-state index contributed by atoms with van der Waals surface area (Å²) in [5.41, 5.74) is 11.0. The topological polar surface area (TPSA) is 138 Å². The Morgan fingerprint density at radius 2 is 1.77 bits per heavy atom. The van der Waals surface area contributed by atoms with E-state index in [2.05, 4.69) is 28.9 Å². The highest BCUT2D eigenvalue weighted by atomic mass is 35.5. The van der Waals surface area contributed by atoms with Crippen molar-refractivity contribution in [3.63, 3.8) is 0 Å². The summed E-state index contributed by atoms with van der Waals surface area (Å²) in [4.78, 5) is 28.7. The summed E-state index contributed by atoms with van der Waals surface area (Å²) in [6, 6.07) is 10.00. The van der Waals surface area contributed by atoms with Crippen molar-refractivity contribution >= 4 is 46.6 Å². The summed E-state index contributed by atoms with van der Waals surface area (Å²) in [6.45, 7) is 4.49. The summed E-state index contributed by atoms with van der Waals surface area (Å²) >= 11 is 0. The van der Waals surface area contributed by atoms with Gasteiger partial charge in [-0.25, -0.2) is 18.7 Å². The van der Waals surface area contributed by atoms with Crippen molar-refractivity contribution in [3.05, 3.63) is 58.9 Å². The molecule has 13 heteroatoms. The number of hydrogen-bond acceptors (Lipinski definition) is 7. The lowest BCUT2D eigenvalue weighted by molar-refractivity contribution is -0.131. The van der Waals surface area contributed by atoms with Gasteiger partial charge in [0.25, 0.3) is 5.91 Å². The van der Waals surface area contributed by atoms with Crippen LogP contribution in [0.2, 0.25) is 0 Å². The maximum absolute atomic E-state index is 12.8. The maximum Gasteiger partial charge on any atom is 0.328 e. The van der Waals surface area contributed by atoms with Gasteiger partial charge in [-0.3, -0.25) is 19.5 Å². The highest BCUT2D eigenvalue weighted by molar-refractivity contribution is 7.92. The quantitative estimate of drug-likeness (QED) is 0.252. The molecule has 0 radical (unpaired) electrons. The van der Waals surface area contributed by atoms with Crippen molar-refractivity contribution in [2.45, 2.75) is 50.1 Å². The Balaban J connectivity index is 0.00000267. The molecule has 0 bridgehead atoms. The van der Waals surface area contributed by atoms with Crippen molar-refractivity contribution < 1.29 is 23.2 Å². The van der Waals surface area contributed by atoms with Gasteiger partial charge in [-0.1, -0.05) is 24.0 Å². The fourth-order valence-corrected chi connectivity index (χ4v) is 5.45. The first-order chi connectivity index (χ1) is 17.5. The molecule has 0 unspecified atom stereocenters. The number of sulfone groups is 1. The molecule has 0 saturated carbocycles. The Labute approximate surface area is 241 Å². The van der Waals surface area contributed by atoms with Crippen LogP contribution in [-0.2, 0) is 27.7 Å². The zero-order valence-corrected chi connectivity index (χ0v) is 24.4. The molecule has 3 heterocycles. The second-order valence-corrected chi connectivity index (χ2v) is 12.5. The van der Waals surface area contributed by atoms with Gasteiger partial charge in [0.2, 0.25) is 0 Å². The molecule has 2 aromatic rings. The molecule has 0 spiro atoms. The van der Waals surface area contributed by atoms with E-state index < -0.39 is 20.5 Å². The number of piperidine rings is 1. The largest absolute Gasteiger partial charge is 0.328 e. The van der Waals surface area contributed by atoms with E-state index in [4.69, 9.17) is 10.9 Å². The number of hydroxylamine groups is 1. The molecular formula is C26H35Cl2N5O5S. The molecule has 214 valence electrons. The van der Waals surface area contributed by atoms with Gasteiger partial charge in [-0.05, 0) is 63.0 Å². The Kier molecular flexibility index (Phi) is 11.0. The summed E-state index contributed by atoms with van der Waals surface area (Å²) in [5.74, 6) is 5.22. The van der Waals surface area contributed by atoms with Crippen LogP contribution < -0.4 is 11.2 Å². The van der Waals surface area contributed by atoms with E-state index in [0.717, 1.165) is 50.0 Å². The number of benzene rings is 1. The minimum atomic E-state index is -3.83. The van der Waals surface area contributed by atoms with E-state index in [1.165, 1.54) is 27.4 Å². The number of hydrogen-bond donors (Lipinski definition) is 3. The molecule has 4 rings (SSSR count). The molecule has 39 heavy (non-hydrogen) atoms. The minimum absolute atomic E-state index is 0. The molecule has 1 aromatic heterocycles. The van der Waals surface area contributed by atoms with Gasteiger partial charge < -0.3 is 10.6 Å². The predicted molar refractivity (Wildman–Crippen MR) is 153 cm³/mol. The zero-order chi connectivity index (χ0) is 26.8. The summed E-state index contributed by atoms with van der Waals surface area (Å²) in [6.07, 6.45) is 4.51. The number of amides is 2. The zero-order valence-electron chi connectivity index (χ0n) is 21.9. The summed E-state index contributed by atoms with van der Waals surface area (Å²) in [7, 11) is -3.83. The van der Waals surface area contributed by atoms with Gasteiger partial charge in [-0.2, -0.15) is 0 Å². The molecule has 10 nitrogen and oxygen atoms in total. The number of aromatic nitrogens is 1. The molecule has 2 amide bonds. The number of halogens is 2. The van der Waals surface area contributed by atoms with E-state index >= 15 is 0 Å². The number of nitrogens with two attached hydrogens (primary N) is 1. The van der Waals surface area contributed by atoms with E-state index in [-0.39, 0.29) is 50.4 Å². The molecule has 1 fully saturated rings. The minimum Gasteiger partial charge on any atom is -0.328 e. The van der Waals surface area contributed by atoms with Crippen LogP contribution in [0.3, 0.4) is 0 Å². The summed E-state index contributed by atoms with van der Waals surface area (Å²) in [5, 5.41) is 8.97. The van der Waals surface area contributed by atoms with Crippen molar-refractivity contribution in [3.8, 4) is 11.8 Å². The van der Waals surface area contributed by atoms with Crippen molar-refractivity contribution in [1.29, 1.82) is 0 Å². The summed E-state index contributed by atoms with van der Waals surface area (Å²) < 4.78 is 24.0. The Morgan fingerprint density at radius 1 is 1.15 bits per heavy atom. The molecule has 1 saturated heterocycles. The second kappa shape index (κ2) is 13.2. The van der Waals surface area contributed by atoms with Crippen LogP contribution in [0, 0.1) is 11.8 Å². The van der Waals surface area contributed by atoms with Crippen molar-refractivity contribution in [2.75, 3.05) is 25.9 Å². The monoisotopic (exact) mass is 599 g/mol. The first-order valence-corrected chi connectivity index (χ1v) is 14.1. The van der Waals surface area contributed by atoms with Crippen molar-refractivity contribution in [2.24, 2.45) is 5.73 Å². The molecule has 0 aliphatic carbocycles. The lowest BCUT2D eigenvalue weighted by Crippen LogP contribution is -2.50. The Bertz CT molecular complexity index is 1340. The second-order valence-electron chi connectivity index (χ2n) is 10.0. The highest BCUT2D eigenvalue weighted by Gasteiger charge is 2.44. The fourth-order valence-electron chi connectivity index (χ4n) is 4.61. The molecule has 1 atom stereocenters. The van der Waals surface area contributed by atoms with Crippen LogP contribution in [0.4, 0.5) is 4.79 Å². The Morgan fingerprint density at radius 3 is 2.33 bits per heavy atom. The van der Waals surface area contributed by atoms with Crippen LogP contribution in [0.25, 0.3) is 0 Å². The average molecular weight is 601 g/mol. The van der Waals surface area contributed by atoms with E-state index in [1.54, 1.807) is 6.20 Å². The van der Waals surface area contributed by atoms with Crippen LogP contribution in [0.1, 0.15) is 48.6 Å². The highest BCUT2D eigenvalue weighted by Crippen LogP contribution is 2.25. The van der Waals surface area contributed by atoms with E-state index in [0.29, 0.717) is 11.6 Å². The molecule has 1 aromatic carbocycles. The van der Waals surface area contributed by atoms with Crippen LogP contribution in [-0.4, -0.2) is 76.6 Å². The molecule has 2 aliphatic rings. The number of fused-ring (bicyclic) bond motifs is 1. The van der Waals surface area contributed by atoms with Gasteiger partial charge in [0.1, 0.15) is 0 Å². The van der Waals surface area contributed by atoms with E-state index in [9.17, 15) is 18.0 Å². The van der Waals surface area contributed by atoms with Crippen LogP contribution >= 0.6 is 24.8 Å². The molecule has 2 aliphatic heterocycles. The number of nitrogens with one attached hydrogen (secondary N) is 1. The number of carbonyl (C=O) groups excluding carboxylic acids is 2. The first-order valence-electron chi connectivity index (χ1n) is 12.2. The van der Waals surface area contributed by atoms with Gasteiger partial charge in [-0.15, -0.1) is 24.8 Å². The number of likely N-dealkylation sites (tertiary alicyclic amines) is 1. The maximum atomic E-state index is 12.8. The number of nitrogens with zero attached hydrogens (tertiary/aromatic N) is 3.